The molecule has 0 aliphatic rings. The second-order valence-electron chi connectivity index (χ2n) is 4.84. The molecule has 0 saturated heterocycles. The quantitative estimate of drug-likeness (QED) is 0.803. The van der Waals surface area contributed by atoms with Gasteiger partial charge in [-0.1, -0.05) is 18.2 Å². The van der Waals surface area contributed by atoms with Crippen LogP contribution < -0.4 is 16.3 Å². The Morgan fingerprint density at radius 1 is 1.18 bits per heavy atom. The Morgan fingerprint density at radius 3 is 2.50 bits per heavy atom. The predicted octanol–water partition coefficient (Wildman–Crippen LogP) is -0.337. The minimum atomic E-state index is -0.652. The summed E-state index contributed by atoms with van der Waals surface area (Å²) in [5, 5.41) is 11.9. The molecule has 1 aromatic carbocycles. The van der Waals surface area contributed by atoms with E-state index in [1.807, 2.05) is 0 Å². The summed E-state index contributed by atoms with van der Waals surface area (Å²) in [4.78, 5) is 35.2. The molecule has 0 aliphatic heterocycles. The summed E-state index contributed by atoms with van der Waals surface area (Å²) < 4.78 is 1.95. The third-order valence-corrected chi connectivity index (χ3v) is 2.61. The lowest BCUT2D eigenvalue weighted by atomic mass is 10.3. The molecule has 116 valence electrons. The van der Waals surface area contributed by atoms with Crippen LogP contribution in [0.1, 0.15) is 13.8 Å². The highest BCUT2D eigenvalue weighted by Crippen LogP contribution is 2.00. The van der Waals surface area contributed by atoms with Gasteiger partial charge in [0.2, 0.25) is 5.91 Å². The van der Waals surface area contributed by atoms with Crippen LogP contribution >= 0.6 is 0 Å². The van der Waals surface area contributed by atoms with Crippen molar-refractivity contribution < 1.29 is 9.59 Å². The van der Waals surface area contributed by atoms with Crippen molar-refractivity contribution >= 4 is 11.9 Å². The molecule has 2 N–H and O–H groups in total. The van der Waals surface area contributed by atoms with Gasteiger partial charge in [-0.3, -0.25) is 10.1 Å². The van der Waals surface area contributed by atoms with Crippen LogP contribution in [0, 0.1) is 0 Å². The van der Waals surface area contributed by atoms with E-state index in [4.69, 9.17) is 0 Å². The van der Waals surface area contributed by atoms with Gasteiger partial charge >= 0.3 is 11.7 Å². The summed E-state index contributed by atoms with van der Waals surface area (Å²) in [6.07, 6.45) is 0. The van der Waals surface area contributed by atoms with E-state index in [-0.39, 0.29) is 6.04 Å². The number of urea groups is 1. The summed E-state index contributed by atoms with van der Waals surface area (Å²) in [5.41, 5.74) is -0.0256. The van der Waals surface area contributed by atoms with Gasteiger partial charge in [-0.05, 0) is 36.4 Å². The first-order chi connectivity index (χ1) is 10.5. The highest BCUT2D eigenvalue weighted by molar-refractivity contribution is 5.94. The zero-order valence-corrected chi connectivity index (χ0v) is 12.2. The van der Waals surface area contributed by atoms with Crippen molar-refractivity contribution in [3.8, 4) is 5.69 Å². The number of rotatable bonds is 4. The SMILES string of the molecule is CC(C)NC(=O)NC(=O)Cn1nnn(-c2ccccc2)c1=O. The Kier molecular flexibility index (Phi) is 4.66. The van der Waals surface area contributed by atoms with E-state index in [1.54, 1.807) is 44.2 Å². The first kappa shape index (κ1) is 15.4. The highest BCUT2D eigenvalue weighted by Gasteiger charge is 2.14. The second-order valence-corrected chi connectivity index (χ2v) is 4.84. The molecular formula is C13H16N6O3. The molecule has 2 rings (SSSR count). The number of nitrogens with one attached hydrogen (secondary N) is 2. The van der Waals surface area contributed by atoms with Gasteiger partial charge in [0.1, 0.15) is 6.54 Å². The number of amides is 3. The van der Waals surface area contributed by atoms with Crippen LogP contribution in [-0.4, -0.2) is 37.8 Å². The standard InChI is InChI=1S/C13H16N6O3/c1-9(2)14-12(21)15-11(20)8-18-13(22)19(17-16-18)10-6-4-3-5-7-10/h3-7,9H,8H2,1-2H3,(H2,14,15,20,21). The molecule has 3 amide bonds. The number of carbonyl (C=O) groups excluding carboxylic acids is 2. The number of nitrogens with zero attached hydrogens (tertiary/aromatic N) is 4. The van der Waals surface area contributed by atoms with Crippen molar-refractivity contribution in [2.75, 3.05) is 0 Å². The van der Waals surface area contributed by atoms with Crippen molar-refractivity contribution in [2.45, 2.75) is 26.4 Å². The molecule has 0 saturated carbocycles. The third-order valence-electron chi connectivity index (χ3n) is 2.61. The van der Waals surface area contributed by atoms with E-state index < -0.39 is 24.2 Å². The Bertz CT molecular complexity index is 719. The van der Waals surface area contributed by atoms with Crippen LogP contribution in [0.4, 0.5) is 4.79 Å². The second kappa shape index (κ2) is 6.66. The fraction of sp³-hybridized carbons (Fsp3) is 0.308. The number of tetrazole rings is 1. The van der Waals surface area contributed by atoms with Crippen molar-refractivity contribution in [1.29, 1.82) is 0 Å². The number of aromatic nitrogens is 4. The van der Waals surface area contributed by atoms with Gasteiger partial charge in [0.15, 0.2) is 0 Å². The predicted molar refractivity (Wildman–Crippen MR) is 77.4 cm³/mol. The molecule has 1 aromatic heterocycles. The minimum Gasteiger partial charge on any atom is -0.336 e. The molecule has 0 atom stereocenters. The third kappa shape index (κ3) is 3.78. The number of hydrogen-bond acceptors (Lipinski definition) is 5. The first-order valence-electron chi connectivity index (χ1n) is 6.66. The summed E-state index contributed by atoms with van der Waals surface area (Å²) in [5.74, 6) is -0.652. The summed E-state index contributed by atoms with van der Waals surface area (Å²) in [7, 11) is 0. The van der Waals surface area contributed by atoms with E-state index in [9.17, 15) is 14.4 Å². The molecule has 0 spiro atoms. The normalized spacial score (nSPS) is 10.5. The Hall–Kier alpha value is -2.97. The Morgan fingerprint density at radius 2 is 1.86 bits per heavy atom. The molecule has 0 bridgehead atoms. The van der Waals surface area contributed by atoms with Crippen molar-refractivity contribution in [3.63, 3.8) is 0 Å². The molecule has 1 heterocycles. The highest BCUT2D eigenvalue weighted by atomic mass is 16.2. The maximum Gasteiger partial charge on any atom is 0.368 e. The molecule has 2 aromatic rings. The summed E-state index contributed by atoms with van der Waals surface area (Å²) >= 11 is 0. The number of hydrogen-bond donors (Lipinski definition) is 2. The van der Waals surface area contributed by atoms with E-state index in [0.29, 0.717) is 5.69 Å². The average Bonchev–Trinajstić information content (AvgIpc) is 2.80. The topological polar surface area (TPSA) is 111 Å². The van der Waals surface area contributed by atoms with Crippen LogP contribution in [-0.2, 0) is 11.3 Å². The zero-order valence-electron chi connectivity index (χ0n) is 12.2. The number of imide groups is 1. The molecule has 0 fully saturated rings. The lowest BCUT2D eigenvalue weighted by Gasteiger charge is -2.08. The summed E-state index contributed by atoms with van der Waals surface area (Å²) in [6.45, 7) is 3.14. The van der Waals surface area contributed by atoms with E-state index in [1.165, 1.54) is 0 Å². The minimum absolute atomic E-state index is 0.102. The van der Waals surface area contributed by atoms with Gasteiger partial charge in [0.25, 0.3) is 0 Å². The van der Waals surface area contributed by atoms with Gasteiger partial charge in [-0.25, -0.2) is 9.59 Å². The van der Waals surface area contributed by atoms with Crippen LogP contribution in [0.2, 0.25) is 0 Å². The van der Waals surface area contributed by atoms with Crippen molar-refractivity contribution in [2.24, 2.45) is 0 Å². The zero-order chi connectivity index (χ0) is 16.1. The van der Waals surface area contributed by atoms with Gasteiger partial charge in [0.05, 0.1) is 5.69 Å². The maximum atomic E-state index is 12.1. The van der Waals surface area contributed by atoms with Crippen molar-refractivity contribution in [3.05, 3.63) is 40.8 Å². The molecule has 0 aliphatic carbocycles. The Labute approximate surface area is 125 Å². The summed E-state index contributed by atoms with van der Waals surface area (Å²) in [6, 6.07) is 7.97. The number of para-hydroxylation sites is 1. The van der Waals surface area contributed by atoms with Crippen LogP contribution in [0.3, 0.4) is 0 Å². The van der Waals surface area contributed by atoms with E-state index in [0.717, 1.165) is 9.36 Å². The van der Waals surface area contributed by atoms with Crippen molar-refractivity contribution in [1.82, 2.24) is 30.4 Å². The van der Waals surface area contributed by atoms with Gasteiger partial charge in [-0.15, -0.1) is 0 Å². The number of benzene rings is 1. The van der Waals surface area contributed by atoms with Crippen LogP contribution in [0.5, 0.6) is 0 Å². The lowest BCUT2D eigenvalue weighted by molar-refractivity contribution is -0.120. The maximum absolute atomic E-state index is 12.1. The van der Waals surface area contributed by atoms with E-state index in [2.05, 4.69) is 21.1 Å². The molecule has 22 heavy (non-hydrogen) atoms. The first-order valence-corrected chi connectivity index (χ1v) is 6.66. The van der Waals surface area contributed by atoms with Crippen LogP contribution in [0.15, 0.2) is 35.1 Å². The molecule has 9 heteroatoms. The lowest BCUT2D eigenvalue weighted by Crippen LogP contribution is -2.44. The molecule has 0 radical (unpaired) electrons. The number of carbonyl (C=O) groups is 2. The Balaban J connectivity index is 2.06. The smallest absolute Gasteiger partial charge is 0.336 e. The largest absolute Gasteiger partial charge is 0.368 e. The van der Waals surface area contributed by atoms with Gasteiger partial charge < -0.3 is 5.32 Å². The molecule has 0 unspecified atom stereocenters. The fourth-order valence-corrected chi connectivity index (χ4v) is 1.71. The van der Waals surface area contributed by atoms with Gasteiger partial charge in [-0.2, -0.15) is 9.36 Å². The monoisotopic (exact) mass is 304 g/mol. The molecular weight excluding hydrogens is 288 g/mol. The molecule has 9 nitrogen and oxygen atoms in total. The van der Waals surface area contributed by atoms with Gasteiger partial charge in [0, 0.05) is 6.04 Å². The van der Waals surface area contributed by atoms with E-state index >= 15 is 0 Å². The fourth-order valence-electron chi connectivity index (χ4n) is 1.71. The van der Waals surface area contributed by atoms with Crippen LogP contribution in [0.25, 0.3) is 5.69 Å². The average molecular weight is 304 g/mol.